The molecule has 5 aromatic carbocycles. The van der Waals surface area contributed by atoms with Crippen LogP contribution in [0.1, 0.15) is 87.0 Å². The Kier molecular flexibility index (Phi) is 9.40. The monoisotopic (exact) mass is 868 g/mol. The quantitative estimate of drug-likeness (QED) is 0.156. The minimum atomic E-state index is -2.37. The van der Waals surface area contributed by atoms with Crippen LogP contribution in [0.5, 0.6) is 0 Å². The van der Waals surface area contributed by atoms with Crippen LogP contribution in [0.4, 0.5) is 4.39 Å². The maximum Gasteiger partial charge on any atom is 0.126 e. The average Bonchev–Trinajstić information content (AvgIpc) is 3.72. The summed E-state index contributed by atoms with van der Waals surface area (Å²) < 4.78 is 53.4. The van der Waals surface area contributed by atoms with Crippen LogP contribution < -0.4 is 0 Å². The van der Waals surface area contributed by atoms with E-state index in [1.807, 2.05) is 24.3 Å². The predicted molar refractivity (Wildman–Crippen MR) is 208 cm³/mol. The van der Waals surface area contributed by atoms with Gasteiger partial charge in [0.2, 0.25) is 0 Å². The van der Waals surface area contributed by atoms with Crippen LogP contribution in [0.2, 0.25) is 0 Å². The fourth-order valence-electron chi connectivity index (χ4n) is 6.65. The summed E-state index contributed by atoms with van der Waals surface area (Å²) in [4.78, 5) is 9.31. The fraction of sp³-hybridized carbons (Fsp3) is 0.217. The van der Waals surface area contributed by atoms with Gasteiger partial charge in [-0.1, -0.05) is 88.9 Å². The van der Waals surface area contributed by atoms with E-state index in [2.05, 4.69) is 97.9 Å². The summed E-state index contributed by atoms with van der Waals surface area (Å²) in [5.74, 6) is 0.272. The van der Waals surface area contributed by atoms with Gasteiger partial charge in [-0.2, -0.15) is 0 Å². The van der Waals surface area contributed by atoms with Gasteiger partial charge in [0.25, 0.3) is 0 Å². The van der Waals surface area contributed by atoms with E-state index < -0.39 is 18.6 Å². The number of pyridine rings is 1. The van der Waals surface area contributed by atoms with E-state index in [1.165, 1.54) is 35.1 Å². The number of nitrogens with zero attached hydrogens (tertiary/aromatic N) is 3. The van der Waals surface area contributed by atoms with Gasteiger partial charge in [-0.25, -0.2) is 4.39 Å². The molecule has 0 saturated carbocycles. The Labute approximate surface area is 324 Å². The van der Waals surface area contributed by atoms with E-state index in [4.69, 9.17) is 14.9 Å². The van der Waals surface area contributed by atoms with Crippen molar-refractivity contribution in [2.24, 2.45) is 0 Å². The van der Waals surface area contributed by atoms with Crippen molar-refractivity contribution >= 4 is 33.0 Å². The Morgan fingerprint density at radius 2 is 1.54 bits per heavy atom. The molecular formula is C46H42FIrN3O-2. The van der Waals surface area contributed by atoms with Gasteiger partial charge in [0.1, 0.15) is 11.4 Å². The van der Waals surface area contributed by atoms with Crippen molar-refractivity contribution in [3.63, 3.8) is 0 Å². The summed E-state index contributed by atoms with van der Waals surface area (Å²) in [6.07, 6.45) is 1.29. The number of furan rings is 1. The molecule has 4 nitrogen and oxygen atoms in total. The van der Waals surface area contributed by atoms with E-state index in [9.17, 15) is 4.39 Å². The number of benzene rings is 5. The number of halogens is 1. The van der Waals surface area contributed by atoms with Crippen molar-refractivity contribution in [2.75, 3.05) is 0 Å². The number of para-hydroxylation sites is 3. The van der Waals surface area contributed by atoms with Crippen LogP contribution in [0.25, 0.3) is 61.3 Å². The maximum atomic E-state index is 13.6. The van der Waals surface area contributed by atoms with Crippen molar-refractivity contribution < 1.29 is 34.4 Å². The van der Waals surface area contributed by atoms with Crippen molar-refractivity contribution in [1.29, 1.82) is 0 Å². The molecule has 0 aliphatic carbocycles. The van der Waals surface area contributed by atoms with Gasteiger partial charge < -0.3 is 14.0 Å². The minimum Gasteiger partial charge on any atom is -0.500 e. The van der Waals surface area contributed by atoms with Crippen LogP contribution in [0.15, 0.2) is 114 Å². The standard InChI is InChI=1S/C25H25N2.C21H17FNO.Ir/c1-17(2)20-13-10-14-21(18(3)4)24(20)27-23-16-9-8-15-22(23)26-25(27)19-11-6-5-7-12-19;1-12(2)18-10-19(23-11-13(18)3)17-6-4-5-16-15-8-7-14(22)9-20(15)24-21(16)17;/h5-11,13-18H,1-4H3;4-5,7-12H,1-3H3;/q2*-1;/i;3D3,12D;. The molecule has 8 aromatic rings. The number of aromatic nitrogens is 3. The van der Waals surface area contributed by atoms with Gasteiger partial charge in [-0.3, -0.25) is 4.98 Å². The Hall–Kier alpha value is -4.90. The zero-order valence-corrected chi connectivity index (χ0v) is 32.4. The average molecular weight is 868 g/mol. The van der Waals surface area contributed by atoms with Crippen LogP contribution >= 0.6 is 0 Å². The molecule has 0 bridgehead atoms. The second-order valence-corrected chi connectivity index (χ2v) is 13.6. The first-order chi connectivity index (χ1) is 26.1. The summed E-state index contributed by atoms with van der Waals surface area (Å²) >= 11 is 0. The van der Waals surface area contributed by atoms with Crippen molar-refractivity contribution in [3.05, 3.63) is 150 Å². The molecule has 6 heteroatoms. The van der Waals surface area contributed by atoms with Gasteiger partial charge in [-0.15, -0.1) is 54.1 Å². The van der Waals surface area contributed by atoms with E-state index in [0.29, 0.717) is 39.8 Å². The minimum absolute atomic E-state index is 0. The molecule has 8 rings (SSSR count). The van der Waals surface area contributed by atoms with Crippen LogP contribution in [-0.2, 0) is 20.1 Å². The molecule has 265 valence electrons. The first-order valence-corrected chi connectivity index (χ1v) is 17.2. The van der Waals surface area contributed by atoms with Crippen molar-refractivity contribution in [1.82, 2.24) is 14.5 Å². The molecule has 0 N–H and O–H groups in total. The molecule has 0 spiro atoms. The number of aryl methyl sites for hydroxylation is 1. The summed E-state index contributed by atoms with van der Waals surface area (Å²) in [7, 11) is 0. The number of imidazole rings is 1. The second kappa shape index (κ2) is 15.4. The normalized spacial score (nSPS) is 13.0. The summed E-state index contributed by atoms with van der Waals surface area (Å²) in [5, 5.41) is 1.56. The zero-order chi connectivity index (χ0) is 39.2. The molecular weight excluding hydrogens is 822 g/mol. The third-order valence-corrected chi connectivity index (χ3v) is 9.17. The van der Waals surface area contributed by atoms with Gasteiger partial charge in [0, 0.05) is 48.9 Å². The molecule has 3 aromatic heterocycles. The van der Waals surface area contributed by atoms with Crippen molar-refractivity contribution in [2.45, 2.75) is 66.1 Å². The van der Waals surface area contributed by atoms with E-state index in [1.54, 1.807) is 32.0 Å². The molecule has 1 radical (unpaired) electrons. The molecule has 0 aliphatic heterocycles. The topological polar surface area (TPSA) is 43.9 Å². The molecule has 3 heterocycles. The second-order valence-electron chi connectivity index (χ2n) is 13.6. The summed E-state index contributed by atoms with van der Waals surface area (Å²) in [6, 6.07) is 39.1. The van der Waals surface area contributed by atoms with Crippen LogP contribution in [0.3, 0.4) is 0 Å². The van der Waals surface area contributed by atoms with E-state index in [0.717, 1.165) is 33.2 Å². The largest absolute Gasteiger partial charge is 0.500 e. The van der Waals surface area contributed by atoms with Gasteiger partial charge >= 0.3 is 0 Å². The van der Waals surface area contributed by atoms with Gasteiger partial charge in [0.05, 0.1) is 22.4 Å². The number of fused-ring (bicyclic) bond motifs is 4. The number of rotatable bonds is 6. The van der Waals surface area contributed by atoms with Crippen LogP contribution in [0, 0.1) is 24.8 Å². The molecule has 0 unspecified atom stereocenters. The van der Waals surface area contributed by atoms with E-state index in [-0.39, 0.29) is 25.7 Å². The first kappa shape index (κ1) is 31.8. The molecule has 0 aliphatic rings. The summed E-state index contributed by atoms with van der Waals surface area (Å²) in [6.45, 7) is 9.94. The molecule has 0 atom stereocenters. The van der Waals surface area contributed by atoms with Crippen LogP contribution in [-0.4, -0.2) is 14.5 Å². The maximum absolute atomic E-state index is 13.6. The molecule has 0 amide bonds. The van der Waals surface area contributed by atoms with E-state index >= 15 is 0 Å². The Morgan fingerprint density at radius 3 is 2.23 bits per heavy atom. The Balaban J connectivity index is 0.000000187. The molecule has 52 heavy (non-hydrogen) atoms. The number of hydrogen-bond acceptors (Lipinski definition) is 3. The number of hydrogen-bond donors (Lipinski definition) is 0. The predicted octanol–water partition coefficient (Wildman–Crippen LogP) is 12.8. The van der Waals surface area contributed by atoms with Crippen molar-refractivity contribution in [3.8, 4) is 28.3 Å². The smallest absolute Gasteiger partial charge is 0.126 e. The zero-order valence-electron chi connectivity index (χ0n) is 34.0. The van der Waals surface area contributed by atoms with Gasteiger partial charge in [0.15, 0.2) is 0 Å². The Morgan fingerprint density at radius 1 is 0.788 bits per heavy atom. The first-order valence-electron chi connectivity index (χ1n) is 19.2. The third-order valence-electron chi connectivity index (χ3n) is 9.17. The Bertz CT molecular complexity index is 2630. The fourth-order valence-corrected chi connectivity index (χ4v) is 6.65. The third kappa shape index (κ3) is 6.98. The molecule has 0 saturated heterocycles. The SMILES string of the molecule is CC(C)c1cccc(C(C)C)c1-n1c(-c2[c-]cccc2)nc2ccccc21.[2H]C([2H])([2H])c1cnc(-c2[c-]ccc3c2oc2cc(F)ccc23)cc1C([2H])(C)C.[Ir]. The molecule has 0 fully saturated rings. The van der Waals surface area contributed by atoms with Gasteiger partial charge in [-0.05, 0) is 76.8 Å². The summed E-state index contributed by atoms with van der Waals surface area (Å²) in [5.41, 5.74) is 9.44.